The fourth-order valence-electron chi connectivity index (χ4n) is 8.61. The fraction of sp³-hybridized carbons (Fsp3) is 0.636. The van der Waals surface area contributed by atoms with E-state index in [4.69, 9.17) is 9.47 Å². The Kier molecular flexibility index (Phi) is 8.31. The highest BCUT2D eigenvalue weighted by atomic mass is 16.5. The van der Waals surface area contributed by atoms with Crippen LogP contribution in [-0.2, 0) is 35.1 Å². The molecule has 41 heavy (non-hydrogen) atoms. The van der Waals surface area contributed by atoms with Gasteiger partial charge in [0.25, 0.3) is 0 Å². The Hall–Kier alpha value is -3.16. The molecule has 2 N–H and O–H groups in total. The zero-order valence-corrected chi connectivity index (χ0v) is 24.4. The van der Waals surface area contributed by atoms with E-state index >= 15 is 0 Å². The molecule has 0 bridgehead atoms. The molecule has 0 radical (unpaired) electrons. The van der Waals surface area contributed by atoms with Gasteiger partial charge in [-0.25, -0.2) is 4.79 Å². The molecule has 7 atom stereocenters. The van der Waals surface area contributed by atoms with Gasteiger partial charge in [-0.1, -0.05) is 31.6 Å². The van der Waals surface area contributed by atoms with Crippen LogP contribution in [0.25, 0.3) is 0 Å². The van der Waals surface area contributed by atoms with Crippen molar-refractivity contribution < 1.29 is 33.8 Å². The Morgan fingerprint density at radius 2 is 1.76 bits per heavy atom. The molecule has 1 aromatic rings. The molecule has 0 heterocycles. The van der Waals surface area contributed by atoms with Gasteiger partial charge in [0.05, 0.1) is 13.5 Å². The van der Waals surface area contributed by atoms with Gasteiger partial charge in [0.1, 0.15) is 17.9 Å². The van der Waals surface area contributed by atoms with Crippen molar-refractivity contribution in [1.82, 2.24) is 5.32 Å². The van der Waals surface area contributed by atoms with Crippen LogP contribution in [0.15, 0.2) is 35.9 Å². The number of carbonyl (C=O) groups excluding carboxylic acids is 4. The summed E-state index contributed by atoms with van der Waals surface area (Å²) in [6.07, 6.45) is 9.54. The van der Waals surface area contributed by atoms with E-state index in [2.05, 4.69) is 19.2 Å². The topological polar surface area (TPSA) is 119 Å². The monoisotopic (exact) mass is 565 g/mol. The lowest BCUT2D eigenvalue weighted by Crippen LogP contribution is -2.51. The first-order valence-corrected chi connectivity index (χ1v) is 15.1. The average molecular weight is 566 g/mol. The second kappa shape index (κ2) is 11.6. The molecule has 4 aliphatic carbocycles. The minimum absolute atomic E-state index is 0.0531. The molecule has 5 rings (SSSR count). The van der Waals surface area contributed by atoms with Crippen molar-refractivity contribution in [3.63, 3.8) is 0 Å². The lowest BCUT2D eigenvalue weighted by Gasteiger charge is -2.57. The molecule has 0 aliphatic heterocycles. The Balaban J connectivity index is 1.15. The zero-order valence-electron chi connectivity index (χ0n) is 24.4. The molecule has 1 amide bonds. The molecule has 0 unspecified atom stereocenters. The molecule has 8 nitrogen and oxygen atoms in total. The average Bonchev–Trinajstić information content (AvgIpc) is 3.28. The van der Waals surface area contributed by atoms with Crippen molar-refractivity contribution in [2.45, 2.75) is 96.6 Å². The van der Waals surface area contributed by atoms with E-state index in [9.17, 15) is 24.3 Å². The van der Waals surface area contributed by atoms with E-state index in [1.165, 1.54) is 24.8 Å². The second-order valence-electron chi connectivity index (χ2n) is 13.1. The highest BCUT2D eigenvalue weighted by molar-refractivity contribution is 5.91. The quantitative estimate of drug-likeness (QED) is 0.434. The van der Waals surface area contributed by atoms with Gasteiger partial charge < -0.3 is 19.9 Å². The number of ketones is 1. The summed E-state index contributed by atoms with van der Waals surface area (Å²) in [5, 5.41) is 12.2. The summed E-state index contributed by atoms with van der Waals surface area (Å²) in [4.78, 5) is 50.0. The van der Waals surface area contributed by atoms with E-state index in [-0.39, 0.29) is 53.7 Å². The predicted octanol–water partition coefficient (Wildman–Crippen LogP) is 4.82. The number of phenolic OH excluding ortho intramolecular Hbond substituents is 1. The van der Waals surface area contributed by atoms with Gasteiger partial charge in [-0.05, 0) is 91.9 Å². The van der Waals surface area contributed by atoms with E-state index in [0.29, 0.717) is 24.2 Å². The number of esters is 2. The van der Waals surface area contributed by atoms with Gasteiger partial charge in [0, 0.05) is 24.7 Å². The molecule has 0 saturated heterocycles. The Labute approximate surface area is 242 Å². The maximum absolute atomic E-state index is 12.9. The molecule has 222 valence electrons. The third-order valence-electron chi connectivity index (χ3n) is 10.9. The summed E-state index contributed by atoms with van der Waals surface area (Å²) in [6, 6.07) is 5.49. The number of hydrogen-bond acceptors (Lipinski definition) is 7. The van der Waals surface area contributed by atoms with Gasteiger partial charge in [-0.15, -0.1) is 0 Å². The molecular formula is C33H43NO7. The van der Waals surface area contributed by atoms with Gasteiger partial charge in [0.2, 0.25) is 5.91 Å². The van der Waals surface area contributed by atoms with Gasteiger partial charge in [-0.2, -0.15) is 0 Å². The molecule has 1 aromatic carbocycles. The molecular weight excluding hydrogens is 522 g/mol. The number of rotatable bonds is 8. The van der Waals surface area contributed by atoms with E-state index in [1.807, 2.05) is 6.08 Å². The summed E-state index contributed by atoms with van der Waals surface area (Å²) < 4.78 is 10.9. The SMILES string of the molecule is COC(=O)[C@H](Cc1ccc(O)cc1)NC(=O)CCC(=O)O[C@@H]1CC[C@@H]2[C@H]3CCC4=CC(=O)CC[C@]4(C)[C@H]3CC[C@@]21C. The standard InChI is InChI=1S/C33H43NO7/c1-32-16-14-23(36)19-21(32)6-9-24-25-10-11-28(33(25,2)17-15-26(24)32)41-30(38)13-12-29(37)34-27(31(39)40-3)18-20-4-7-22(35)8-5-20/h4-5,7-8,19,24-28,35H,6,9-18H2,1-3H3,(H,34,37)/t24-,25-,26+,27+,28-,32+,33+/m1/s1. The van der Waals surface area contributed by atoms with Crippen LogP contribution in [0.5, 0.6) is 5.75 Å². The summed E-state index contributed by atoms with van der Waals surface area (Å²) in [7, 11) is 1.26. The fourth-order valence-corrected chi connectivity index (χ4v) is 8.61. The van der Waals surface area contributed by atoms with Gasteiger partial charge in [-0.3, -0.25) is 14.4 Å². The first-order valence-electron chi connectivity index (χ1n) is 15.1. The number of benzene rings is 1. The Morgan fingerprint density at radius 3 is 2.49 bits per heavy atom. The minimum atomic E-state index is -0.896. The van der Waals surface area contributed by atoms with Crippen molar-refractivity contribution in [3.05, 3.63) is 41.5 Å². The Morgan fingerprint density at radius 1 is 1.00 bits per heavy atom. The summed E-state index contributed by atoms with van der Waals surface area (Å²) in [5.41, 5.74) is 2.16. The number of methoxy groups -OCH3 is 1. The molecule has 3 fully saturated rings. The molecule has 0 aromatic heterocycles. The largest absolute Gasteiger partial charge is 0.508 e. The first-order chi connectivity index (χ1) is 19.5. The van der Waals surface area contributed by atoms with Crippen molar-refractivity contribution in [2.75, 3.05) is 7.11 Å². The van der Waals surface area contributed by atoms with Crippen LogP contribution >= 0.6 is 0 Å². The Bertz CT molecular complexity index is 1220. The van der Waals surface area contributed by atoms with Crippen LogP contribution in [-0.4, -0.2) is 48.0 Å². The van der Waals surface area contributed by atoms with Crippen LogP contribution in [0.1, 0.15) is 83.6 Å². The van der Waals surface area contributed by atoms with Crippen LogP contribution in [0.4, 0.5) is 0 Å². The third-order valence-corrected chi connectivity index (χ3v) is 10.9. The summed E-state index contributed by atoms with van der Waals surface area (Å²) in [6.45, 7) is 4.66. The number of ether oxygens (including phenoxy) is 2. The van der Waals surface area contributed by atoms with Crippen LogP contribution in [0, 0.1) is 28.6 Å². The number of amides is 1. The molecule has 4 aliphatic rings. The number of aromatic hydroxyl groups is 1. The van der Waals surface area contributed by atoms with E-state index in [0.717, 1.165) is 50.5 Å². The van der Waals surface area contributed by atoms with E-state index < -0.39 is 17.9 Å². The number of fused-ring (bicyclic) bond motifs is 5. The summed E-state index contributed by atoms with van der Waals surface area (Å²) in [5.74, 6) is 0.677. The highest BCUT2D eigenvalue weighted by Crippen LogP contribution is 2.65. The van der Waals surface area contributed by atoms with Crippen molar-refractivity contribution in [1.29, 1.82) is 0 Å². The van der Waals surface area contributed by atoms with E-state index in [1.54, 1.807) is 12.1 Å². The van der Waals surface area contributed by atoms with Crippen LogP contribution in [0.3, 0.4) is 0 Å². The maximum Gasteiger partial charge on any atom is 0.328 e. The second-order valence-corrected chi connectivity index (χ2v) is 13.1. The number of allylic oxidation sites excluding steroid dienone is 1. The first kappa shape index (κ1) is 29.3. The zero-order chi connectivity index (χ0) is 29.4. The number of carbonyl (C=O) groups is 4. The smallest absolute Gasteiger partial charge is 0.328 e. The van der Waals surface area contributed by atoms with Gasteiger partial charge >= 0.3 is 11.9 Å². The molecule has 3 saturated carbocycles. The minimum Gasteiger partial charge on any atom is -0.508 e. The number of hydrogen-bond donors (Lipinski definition) is 2. The molecule has 0 spiro atoms. The van der Waals surface area contributed by atoms with Gasteiger partial charge in [0.15, 0.2) is 5.78 Å². The van der Waals surface area contributed by atoms with Crippen molar-refractivity contribution >= 4 is 23.6 Å². The normalized spacial score (nSPS) is 33.0. The lowest BCUT2D eigenvalue weighted by atomic mass is 9.47. The van der Waals surface area contributed by atoms with Crippen LogP contribution < -0.4 is 5.32 Å². The maximum atomic E-state index is 12.9. The lowest BCUT2D eigenvalue weighted by molar-refractivity contribution is -0.160. The van der Waals surface area contributed by atoms with Crippen molar-refractivity contribution in [2.24, 2.45) is 28.6 Å². The van der Waals surface area contributed by atoms with Crippen LogP contribution in [0.2, 0.25) is 0 Å². The third kappa shape index (κ3) is 5.80. The molecule has 8 heteroatoms. The number of nitrogens with one attached hydrogen (secondary N) is 1. The predicted molar refractivity (Wildman–Crippen MR) is 152 cm³/mol. The number of phenols is 1. The summed E-state index contributed by atoms with van der Waals surface area (Å²) >= 11 is 0. The van der Waals surface area contributed by atoms with Crippen molar-refractivity contribution in [3.8, 4) is 5.75 Å². The highest BCUT2D eigenvalue weighted by Gasteiger charge is 2.60.